The van der Waals surface area contributed by atoms with Gasteiger partial charge in [-0.3, -0.25) is 13.9 Å². The van der Waals surface area contributed by atoms with E-state index in [1.807, 2.05) is 12.1 Å². The Hall–Kier alpha value is -3.07. The Bertz CT molecular complexity index is 1000. The highest BCUT2D eigenvalue weighted by atomic mass is 32.2. The Kier molecular flexibility index (Phi) is 5.04. The van der Waals surface area contributed by atoms with E-state index in [0.29, 0.717) is 18.7 Å². The van der Waals surface area contributed by atoms with Crippen LogP contribution in [-0.2, 0) is 21.2 Å². The second-order valence-corrected chi connectivity index (χ2v) is 7.83. The number of amides is 2. The first-order valence-corrected chi connectivity index (χ1v) is 9.64. The van der Waals surface area contributed by atoms with Gasteiger partial charge in [-0.05, 0) is 36.2 Å². The maximum atomic E-state index is 13.1. The predicted octanol–water partition coefficient (Wildman–Crippen LogP) is 0.662. The Labute approximate surface area is 157 Å². The molecule has 2 aromatic carbocycles. The number of rotatable bonds is 6. The normalized spacial score (nSPS) is 13.1. The average Bonchev–Trinajstić information content (AvgIpc) is 3.10. The molecule has 1 aliphatic heterocycles. The van der Waals surface area contributed by atoms with Gasteiger partial charge in [0.2, 0.25) is 5.91 Å². The van der Waals surface area contributed by atoms with Gasteiger partial charge in [0.05, 0.1) is 29.8 Å². The molecule has 0 aliphatic carbocycles. The zero-order valence-electron chi connectivity index (χ0n) is 14.6. The number of benzene rings is 2. The molecule has 0 atom stereocenters. The van der Waals surface area contributed by atoms with Crippen molar-refractivity contribution >= 4 is 27.5 Å². The van der Waals surface area contributed by atoms with Gasteiger partial charge in [-0.1, -0.05) is 18.2 Å². The topological polar surface area (TPSA) is 119 Å². The van der Waals surface area contributed by atoms with Crippen LogP contribution < -0.4 is 20.1 Å². The van der Waals surface area contributed by atoms with Crippen LogP contribution in [0.2, 0.25) is 0 Å². The van der Waals surface area contributed by atoms with Crippen LogP contribution in [0.25, 0.3) is 0 Å². The number of methoxy groups -OCH3 is 1. The molecule has 0 saturated carbocycles. The van der Waals surface area contributed by atoms with Crippen LogP contribution in [0.5, 0.6) is 5.75 Å². The first kappa shape index (κ1) is 18.7. The van der Waals surface area contributed by atoms with E-state index in [1.165, 1.54) is 29.6 Å². The standard InChI is InChI=1S/C18H19N3O5S/c1-26-16-7-6-13(10-14(16)18(23)20-11-17(19)22)27(24,25)21-9-8-12-4-2-3-5-15(12)21/h2-7,10H,8-9,11H2,1H3,(H2,19,22)(H,20,23). The van der Waals surface area contributed by atoms with Crippen molar-refractivity contribution < 1.29 is 22.7 Å². The minimum absolute atomic E-state index is 0.00677. The molecule has 3 N–H and O–H groups in total. The number of nitrogens with zero attached hydrogens (tertiary/aromatic N) is 1. The number of hydrogen-bond acceptors (Lipinski definition) is 5. The number of carbonyl (C=O) groups is 2. The minimum Gasteiger partial charge on any atom is -0.496 e. The van der Waals surface area contributed by atoms with Crippen molar-refractivity contribution in [2.45, 2.75) is 11.3 Å². The lowest BCUT2D eigenvalue weighted by molar-refractivity contribution is -0.117. The average molecular weight is 389 g/mol. The van der Waals surface area contributed by atoms with Gasteiger partial charge in [0, 0.05) is 6.54 Å². The van der Waals surface area contributed by atoms with Gasteiger partial charge in [0.1, 0.15) is 5.75 Å². The Balaban J connectivity index is 1.98. The van der Waals surface area contributed by atoms with Gasteiger partial charge in [-0.2, -0.15) is 0 Å². The first-order chi connectivity index (χ1) is 12.8. The molecule has 0 aromatic heterocycles. The fourth-order valence-corrected chi connectivity index (χ4v) is 4.50. The van der Waals surface area contributed by atoms with E-state index >= 15 is 0 Å². The van der Waals surface area contributed by atoms with Gasteiger partial charge < -0.3 is 15.8 Å². The molecule has 0 spiro atoms. The van der Waals surface area contributed by atoms with Gasteiger partial charge in [0.25, 0.3) is 15.9 Å². The third-order valence-electron chi connectivity index (χ3n) is 4.27. The molecule has 0 fully saturated rings. The molecule has 142 valence electrons. The lowest BCUT2D eigenvalue weighted by Gasteiger charge is -2.20. The van der Waals surface area contributed by atoms with Crippen molar-refractivity contribution in [1.82, 2.24) is 5.32 Å². The summed E-state index contributed by atoms with van der Waals surface area (Å²) in [6.07, 6.45) is 0.623. The molecule has 8 nitrogen and oxygen atoms in total. The molecule has 0 bridgehead atoms. The van der Waals surface area contributed by atoms with Crippen molar-refractivity contribution in [3.05, 3.63) is 53.6 Å². The van der Waals surface area contributed by atoms with Crippen molar-refractivity contribution in [1.29, 1.82) is 0 Å². The molecule has 1 aliphatic rings. The summed E-state index contributed by atoms with van der Waals surface area (Å²) in [5.41, 5.74) is 6.62. The third-order valence-corrected chi connectivity index (χ3v) is 6.08. The molecule has 0 saturated heterocycles. The molecule has 3 rings (SSSR count). The van der Waals surface area contributed by atoms with Crippen LogP contribution in [0.15, 0.2) is 47.4 Å². The molecule has 27 heavy (non-hydrogen) atoms. The number of fused-ring (bicyclic) bond motifs is 1. The molecule has 2 amide bonds. The quantitative estimate of drug-likeness (QED) is 0.752. The largest absolute Gasteiger partial charge is 0.496 e. The fraction of sp³-hybridized carbons (Fsp3) is 0.222. The van der Waals surface area contributed by atoms with Crippen molar-refractivity contribution in [3.63, 3.8) is 0 Å². The summed E-state index contributed by atoms with van der Waals surface area (Å²) in [5.74, 6) is -1.16. The van der Waals surface area contributed by atoms with E-state index in [0.717, 1.165) is 5.56 Å². The highest BCUT2D eigenvalue weighted by molar-refractivity contribution is 7.92. The van der Waals surface area contributed by atoms with Gasteiger partial charge in [0.15, 0.2) is 0 Å². The smallest absolute Gasteiger partial charge is 0.264 e. The molecule has 0 unspecified atom stereocenters. The highest BCUT2D eigenvalue weighted by Crippen LogP contribution is 2.33. The summed E-state index contributed by atoms with van der Waals surface area (Å²) in [6.45, 7) is -0.0324. The van der Waals surface area contributed by atoms with Gasteiger partial charge >= 0.3 is 0 Å². The first-order valence-electron chi connectivity index (χ1n) is 8.20. The number of anilines is 1. The summed E-state index contributed by atoms with van der Waals surface area (Å²) in [7, 11) is -2.49. The summed E-state index contributed by atoms with van der Waals surface area (Å²) >= 11 is 0. The lowest BCUT2D eigenvalue weighted by atomic mass is 10.2. The van der Waals surface area contributed by atoms with E-state index in [-0.39, 0.29) is 22.8 Å². The van der Waals surface area contributed by atoms with Crippen molar-refractivity contribution in [3.8, 4) is 5.75 Å². The number of nitrogens with one attached hydrogen (secondary N) is 1. The molecular weight excluding hydrogens is 370 g/mol. The number of hydrogen-bond donors (Lipinski definition) is 2. The summed E-state index contributed by atoms with van der Waals surface area (Å²) in [5, 5.41) is 2.34. The molecule has 2 aromatic rings. The molecule has 0 radical (unpaired) electrons. The van der Waals surface area contributed by atoms with E-state index in [9.17, 15) is 18.0 Å². The number of sulfonamides is 1. The van der Waals surface area contributed by atoms with Gasteiger partial charge in [-0.25, -0.2) is 8.42 Å². The van der Waals surface area contributed by atoms with Crippen LogP contribution in [0, 0.1) is 0 Å². The van der Waals surface area contributed by atoms with E-state index in [2.05, 4.69) is 5.32 Å². The van der Waals surface area contributed by atoms with Gasteiger partial charge in [-0.15, -0.1) is 0 Å². The Morgan fingerprint density at radius 2 is 1.96 bits per heavy atom. The van der Waals surface area contributed by atoms with E-state index < -0.39 is 21.8 Å². The van der Waals surface area contributed by atoms with Crippen LogP contribution >= 0.6 is 0 Å². The molecular formula is C18H19N3O5S. The maximum absolute atomic E-state index is 13.1. The summed E-state index contributed by atoms with van der Waals surface area (Å²) < 4.78 is 32.7. The van der Waals surface area contributed by atoms with Crippen LogP contribution in [0.3, 0.4) is 0 Å². The van der Waals surface area contributed by atoms with E-state index in [1.54, 1.807) is 12.1 Å². The lowest BCUT2D eigenvalue weighted by Crippen LogP contribution is -2.34. The van der Waals surface area contributed by atoms with Crippen LogP contribution in [0.1, 0.15) is 15.9 Å². The fourth-order valence-electron chi connectivity index (χ4n) is 2.97. The third kappa shape index (κ3) is 3.59. The van der Waals surface area contributed by atoms with Crippen LogP contribution in [0.4, 0.5) is 5.69 Å². The number of ether oxygens (including phenoxy) is 1. The highest BCUT2D eigenvalue weighted by Gasteiger charge is 2.31. The second-order valence-electron chi connectivity index (χ2n) is 5.97. The number of nitrogens with two attached hydrogens (primary N) is 1. The zero-order chi connectivity index (χ0) is 19.6. The Morgan fingerprint density at radius 3 is 2.67 bits per heavy atom. The minimum atomic E-state index is -3.86. The molecule has 9 heteroatoms. The number of para-hydroxylation sites is 1. The van der Waals surface area contributed by atoms with E-state index in [4.69, 9.17) is 10.5 Å². The molecule has 1 heterocycles. The SMILES string of the molecule is COc1ccc(S(=O)(=O)N2CCc3ccccc32)cc1C(=O)NCC(N)=O. The zero-order valence-corrected chi connectivity index (χ0v) is 15.5. The maximum Gasteiger partial charge on any atom is 0.264 e. The Morgan fingerprint density at radius 1 is 1.22 bits per heavy atom. The van der Waals surface area contributed by atoms with Crippen LogP contribution in [-0.4, -0.2) is 40.4 Å². The summed E-state index contributed by atoms with van der Waals surface area (Å²) in [4.78, 5) is 23.2. The number of primary amides is 1. The van der Waals surface area contributed by atoms with Crippen molar-refractivity contribution in [2.75, 3.05) is 24.5 Å². The predicted molar refractivity (Wildman–Crippen MR) is 99.2 cm³/mol. The monoisotopic (exact) mass is 389 g/mol. The summed E-state index contributed by atoms with van der Waals surface area (Å²) in [6, 6.07) is 11.3. The second kappa shape index (κ2) is 7.28. The van der Waals surface area contributed by atoms with Crippen molar-refractivity contribution in [2.24, 2.45) is 5.73 Å². The number of carbonyl (C=O) groups excluding carboxylic acids is 2.